The van der Waals surface area contributed by atoms with Gasteiger partial charge in [-0.05, 0) is 0 Å². The van der Waals surface area contributed by atoms with Crippen molar-refractivity contribution in [2.75, 3.05) is 5.32 Å². The number of aromatic nitrogens is 2. The highest BCUT2D eigenvalue weighted by atomic mass is 19.3. The van der Waals surface area contributed by atoms with E-state index in [9.17, 15) is 17.6 Å². The number of nitriles is 1. The summed E-state index contributed by atoms with van der Waals surface area (Å²) in [5.74, 6) is -0.0608. The van der Waals surface area contributed by atoms with Gasteiger partial charge in [-0.15, -0.1) is 0 Å². The molecule has 4 nitrogen and oxygen atoms in total. The van der Waals surface area contributed by atoms with E-state index in [0.29, 0.717) is 0 Å². The molecule has 1 aliphatic rings. The Hall–Kier alpha value is -1.78. The third-order valence-corrected chi connectivity index (χ3v) is 2.64. The molecule has 1 aromatic rings. The van der Waals surface area contributed by atoms with E-state index in [-0.39, 0.29) is 11.4 Å². The van der Waals surface area contributed by atoms with Gasteiger partial charge in [0.25, 0.3) is 12.9 Å². The average molecular weight is 248 g/mol. The Balaban J connectivity index is 2.41. The van der Waals surface area contributed by atoms with Crippen LogP contribution in [0, 0.1) is 11.3 Å². The van der Waals surface area contributed by atoms with Crippen LogP contribution in [0.1, 0.15) is 18.0 Å². The first-order valence-corrected chi connectivity index (χ1v) is 4.85. The second kappa shape index (κ2) is 4.24. The first-order chi connectivity index (χ1) is 8.04. The summed E-state index contributed by atoms with van der Waals surface area (Å²) in [5, 5.41) is 14.7. The van der Waals surface area contributed by atoms with Gasteiger partial charge in [0.2, 0.25) is 0 Å². The Morgan fingerprint density at radius 2 is 2.12 bits per heavy atom. The Morgan fingerprint density at radius 3 is 2.65 bits per heavy atom. The number of alkyl halides is 4. The van der Waals surface area contributed by atoms with Gasteiger partial charge in [-0.1, -0.05) is 0 Å². The molecule has 0 saturated heterocycles. The predicted octanol–water partition coefficient (Wildman–Crippen LogP) is 2.01. The van der Waals surface area contributed by atoms with Crippen molar-refractivity contribution in [3.05, 3.63) is 11.8 Å². The zero-order valence-electron chi connectivity index (χ0n) is 8.45. The van der Waals surface area contributed by atoms with Crippen LogP contribution in [-0.2, 0) is 0 Å². The number of halogens is 4. The lowest BCUT2D eigenvalue weighted by Crippen LogP contribution is -2.39. The SMILES string of the molecule is N#Cc1cnn2c1N[C@H](C(F)F)C[C@H]2C(F)F. The molecule has 2 rings (SSSR count). The smallest absolute Gasteiger partial charge is 0.260 e. The highest BCUT2D eigenvalue weighted by Crippen LogP contribution is 2.34. The van der Waals surface area contributed by atoms with Crippen LogP contribution in [0.3, 0.4) is 0 Å². The summed E-state index contributed by atoms with van der Waals surface area (Å²) >= 11 is 0. The number of hydrogen-bond donors (Lipinski definition) is 1. The molecule has 0 amide bonds. The number of rotatable bonds is 2. The molecule has 8 heteroatoms. The van der Waals surface area contributed by atoms with Gasteiger partial charge in [0.15, 0.2) is 0 Å². The van der Waals surface area contributed by atoms with Gasteiger partial charge in [0, 0.05) is 6.42 Å². The van der Waals surface area contributed by atoms with Crippen LogP contribution in [0.25, 0.3) is 0 Å². The fourth-order valence-electron chi connectivity index (χ4n) is 1.81. The fraction of sp³-hybridized carbons (Fsp3) is 0.556. The van der Waals surface area contributed by atoms with Crippen LogP contribution in [0.4, 0.5) is 23.4 Å². The summed E-state index contributed by atoms with van der Waals surface area (Å²) in [5.41, 5.74) is -0.0130. The van der Waals surface area contributed by atoms with Gasteiger partial charge in [-0.2, -0.15) is 10.4 Å². The monoisotopic (exact) mass is 248 g/mol. The fourth-order valence-corrected chi connectivity index (χ4v) is 1.81. The molecular weight excluding hydrogens is 240 g/mol. The van der Waals surface area contributed by atoms with Crippen molar-refractivity contribution in [1.29, 1.82) is 5.26 Å². The zero-order valence-corrected chi connectivity index (χ0v) is 8.45. The molecule has 1 N–H and O–H groups in total. The summed E-state index contributed by atoms with van der Waals surface area (Å²) in [6, 6.07) is -1.09. The van der Waals surface area contributed by atoms with Crippen LogP contribution in [0.2, 0.25) is 0 Å². The van der Waals surface area contributed by atoms with Crippen molar-refractivity contribution in [3.63, 3.8) is 0 Å². The zero-order chi connectivity index (χ0) is 12.6. The number of nitrogens with zero attached hydrogens (tertiary/aromatic N) is 3. The Bertz CT molecular complexity index is 450. The van der Waals surface area contributed by atoms with Crippen LogP contribution in [0.5, 0.6) is 0 Å². The largest absolute Gasteiger partial charge is 0.361 e. The topological polar surface area (TPSA) is 53.6 Å². The molecule has 2 heterocycles. The van der Waals surface area contributed by atoms with Crippen molar-refractivity contribution in [2.45, 2.75) is 31.4 Å². The Morgan fingerprint density at radius 1 is 1.41 bits per heavy atom. The van der Waals surface area contributed by atoms with Gasteiger partial charge in [-0.25, -0.2) is 22.2 Å². The van der Waals surface area contributed by atoms with Gasteiger partial charge in [0.05, 0.1) is 12.2 Å². The molecule has 0 aromatic carbocycles. The van der Waals surface area contributed by atoms with Crippen LogP contribution in [0.15, 0.2) is 6.20 Å². The van der Waals surface area contributed by atoms with Crippen molar-refractivity contribution >= 4 is 5.82 Å². The van der Waals surface area contributed by atoms with Gasteiger partial charge in [0.1, 0.15) is 23.5 Å². The van der Waals surface area contributed by atoms with Crippen molar-refractivity contribution in [3.8, 4) is 6.07 Å². The van der Waals surface area contributed by atoms with Gasteiger partial charge in [-0.3, -0.25) is 0 Å². The summed E-state index contributed by atoms with van der Waals surface area (Å²) in [6.07, 6.45) is -4.91. The third-order valence-electron chi connectivity index (χ3n) is 2.64. The van der Waals surface area contributed by atoms with E-state index in [1.165, 1.54) is 0 Å². The van der Waals surface area contributed by atoms with Crippen molar-refractivity contribution in [2.24, 2.45) is 0 Å². The maximum atomic E-state index is 12.7. The average Bonchev–Trinajstić information content (AvgIpc) is 2.69. The molecular formula is C9H8F4N4. The minimum Gasteiger partial charge on any atom is -0.361 e. The number of hydrogen-bond acceptors (Lipinski definition) is 3. The maximum absolute atomic E-state index is 12.7. The van der Waals surface area contributed by atoms with E-state index in [1.54, 1.807) is 6.07 Å². The summed E-state index contributed by atoms with van der Waals surface area (Å²) in [7, 11) is 0. The molecule has 1 aromatic heterocycles. The molecule has 0 saturated carbocycles. The second-order valence-electron chi connectivity index (χ2n) is 3.69. The molecule has 0 fully saturated rings. The first kappa shape index (κ1) is 11.7. The minimum atomic E-state index is -2.80. The Labute approximate surface area is 93.8 Å². The molecule has 0 unspecified atom stereocenters. The Kier molecular flexibility index (Phi) is 2.92. The molecule has 0 radical (unpaired) electrons. The van der Waals surface area contributed by atoms with E-state index >= 15 is 0 Å². The second-order valence-corrected chi connectivity index (χ2v) is 3.69. The summed E-state index contributed by atoms with van der Waals surface area (Å²) < 4.78 is 51.5. The standard InChI is InChI=1S/C9H8F4N4/c10-7(11)5-1-6(8(12)13)17-9(16-5)4(2-14)3-15-17/h3,5-8,16H,1H2/t5-,6-/m0/s1. The number of anilines is 1. The molecule has 1 aliphatic heterocycles. The van der Waals surface area contributed by atoms with Crippen LogP contribution in [-0.4, -0.2) is 28.7 Å². The van der Waals surface area contributed by atoms with Crippen molar-refractivity contribution < 1.29 is 17.6 Å². The summed E-state index contributed by atoms with van der Waals surface area (Å²) in [6.45, 7) is 0. The normalized spacial score (nSPS) is 23.4. The quantitative estimate of drug-likeness (QED) is 0.814. The third kappa shape index (κ3) is 1.92. The van der Waals surface area contributed by atoms with E-state index in [4.69, 9.17) is 5.26 Å². The van der Waals surface area contributed by atoms with Gasteiger partial charge >= 0.3 is 0 Å². The predicted molar refractivity (Wildman–Crippen MR) is 50.0 cm³/mol. The van der Waals surface area contributed by atoms with Gasteiger partial charge < -0.3 is 5.32 Å². The molecule has 0 spiro atoms. The highest BCUT2D eigenvalue weighted by Gasteiger charge is 2.38. The number of fused-ring (bicyclic) bond motifs is 1. The van der Waals surface area contributed by atoms with Crippen LogP contribution >= 0.6 is 0 Å². The molecule has 0 bridgehead atoms. The van der Waals surface area contributed by atoms with E-state index in [0.717, 1.165) is 10.9 Å². The molecule has 0 aliphatic carbocycles. The van der Waals surface area contributed by atoms with E-state index < -0.39 is 31.4 Å². The first-order valence-electron chi connectivity index (χ1n) is 4.85. The molecule has 2 atom stereocenters. The number of nitrogens with one attached hydrogen (secondary N) is 1. The van der Waals surface area contributed by atoms with Crippen molar-refractivity contribution in [1.82, 2.24) is 9.78 Å². The van der Waals surface area contributed by atoms with E-state index in [2.05, 4.69) is 10.4 Å². The summed E-state index contributed by atoms with van der Waals surface area (Å²) in [4.78, 5) is 0. The lowest BCUT2D eigenvalue weighted by Gasteiger charge is -2.31. The molecule has 92 valence electrons. The van der Waals surface area contributed by atoms with Crippen LogP contribution < -0.4 is 5.32 Å². The lowest BCUT2D eigenvalue weighted by atomic mass is 10.0. The highest BCUT2D eigenvalue weighted by molar-refractivity contribution is 5.53. The maximum Gasteiger partial charge on any atom is 0.260 e. The lowest BCUT2D eigenvalue weighted by molar-refractivity contribution is 0.0421. The minimum absolute atomic E-state index is 0.0130. The van der Waals surface area contributed by atoms with E-state index in [1.807, 2.05) is 0 Å². The molecule has 17 heavy (non-hydrogen) atoms.